The van der Waals surface area contributed by atoms with Crippen molar-refractivity contribution in [1.82, 2.24) is 4.98 Å². The highest BCUT2D eigenvalue weighted by molar-refractivity contribution is 7.09. The number of nitrogens with zero attached hydrogens (tertiary/aromatic N) is 1. The summed E-state index contributed by atoms with van der Waals surface area (Å²) < 4.78 is 10.4. The van der Waals surface area contributed by atoms with Crippen LogP contribution in [0.4, 0.5) is 0 Å². The molecule has 0 atom stereocenters. The molecule has 1 heterocycles. The first kappa shape index (κ1) is 12.6. The third kappa shape index (κ3) is 5.79. The van der Waals surface area contributed by atoms with Gasteiger partial charge in [0.1, 0.15) is 0 Å². The van der Waals surface area contributed by atoms with Crippen molar-refractivity contribution in [3.05, 3.63) is 16.6 Å². The molecule has 0 fully saturated rings. The van der Waals surface area contributed by atoms with Gasteiger partial charge in [0.25, 0.3) is 0 Å². The SMILES string of the molecule is B.CCOCCOCc1cncs1. The van der Waals surface area contributed by atoms with E-state index < -0.39 is 0 Å². The average Bonchev–Trinajstić information content (AvgIpc) is 2.57. The Hall–Kier alpha value is -0.385. The van der Waals surface area contributed by atoms with Crippen LogP contribution >= 0.6 is 11.3 Å². The third-order valence-electron chi connectivity index (χ3n) is 1.30. The molecule has 5 heteroatoms. The van der Waals surface area contributed by atoms with Crippen molar-refractivity contribution in [1.29, 1.82) is 0 Å². The van der Waals surface area contributed by atoms with Crippen LogP contribution in [0.25, 0.3) is 0 Å². The molecule has 74 valence electrons. The second-order valence-electron chi connectivity index (χ2n) is 2.22. The Kier molecular flexibility index (Phi) is 7.98. The summed E-state index contributed by atoms with van der Waals surface area (Å²) in [5.41, 5.74) is 1.81. The fourth-order valence-corrected chi connectivity index (χ4v) is 1.28. The highest BCUT2D eigenvalue weighted by Gasteiger charge is 1.93. The van der Waals surface area contributed by atoms with E-state index in [1.807, 2.05) is 13.1 Å². The van der Waals surface area contributed by atoms with Gasteiger partial charge in [0, 0.05) is 12.8 Å². The minimum Gasteiger partial charge on any atom is -0.379 e. The number of ether oxygens (including phenoxy) is 2. The monoisotopic (exact) mass is 201 g/mol. The van der Waals surface area contributed by atoms with Gasteiger partial charge in [-0.1, -0.05) is 0 Å². The van der Waals surface area contributed by atoms with Gasteiger partial charge in [-0.3, -0.25) is 4.98 Å². The molecule has 3 nitrogen and oxygen atoms in total. The number of thiazole rings is 1. The van der Waals surface area contributed by atoms with Crippen LogP contribution in [0.3, 0.4) is 0 Å². The van der Waals surface area contributed by atoms with Crippen molar-refractivity contribution < 1.29 is 9.47 Å². The predicted octanol–water partition coefficient (Wildman–Crippen LogP) is 0.512. The van der Waals surface area contributed by atoms with Crippen molar-refractivity contribution in [3.8, 4) is 0 Å². The zero-order valence-electron chi connectivity index (χ0n) is 7.16. The maximum absolute atomic E-state index is 5.33. The number of hydrogen-bond donors (Lipinski definition) is 0. The van der Waals surface area contributed by atoms with Crippen LogP contribution in [0.15, 0.2) is 11.7 Å². The Balaban J connectivity index is 0.00000144. The minimum atomic E-state index is 0. The Bertz CT molecular complexity index is 194. The molecule has 0 unspecified atom stereocenters. The Labute approximate surface area is 84.7 Å². The summed E-state index contributed by atoms with van der Waals surface area (Å²) in [7, 11) is 0. The van der Waals surface area contributed by atoms with Gasteiger partial charge in [0.15, 0.2) is 0 Å². The van der Waals surface area contributed by atoms with Crippen molar-refractivity contribution in [2.75, 3.05) is 19.8 Å². The van der Waals surface area contributed by atoms with E-state index in [1.54, 1.807) is 16.8 Å². The summed E-state index contributed by atoms with van der Waals surface area (Å²) in [5, 5.41) is 0. The summed E-state index contributed by atoms with van der Waals surface area (Å²) in [6.07, 6.45) is 1.82. The first-order chi connectivity index (χ1) is 5.93. The van der Waals surface area contributed by atoms with Crippen molar-refractivity contribution in [2.24, 2.45) is 0 Å². The van der Waals surface area contributed by atoms with Crippen LogP contribution in [-0.4, -0.2) is 33.2 Å². The molecular weight excluding hydrogens is 185 g/mol. The van der Waals surface area contributed by atoms with Crippen LogP contribution in [0.2, 0.25) is 0 Å². The van der Waals surface area contributed by atoms with E-state index in [0.29, 0.717) is 19.8 Å². The lowest BCUT2D eigenvalue weighted by Crippen LogP contribution is -2.03. The zero-order valence-corrected chi connectivity index (χ0v) is 7.97. The lowest BCUT2D eigenvalue weighted by Gasteiger charge is -2.01. The minimum absolute atomic E-state index is 0. The van der Waals surface area contributed by atoms with Crippen LogP contribution < -0.4 is 0 Å². The second-order valence-corrected chi connectivity index (χ2v) is 3.19. The van der Waals surface area contributed by atoms with E-state index in [2.05, 4.69) is 4.98 Å². The van der Waals surface area contributed by atoms with E-state index >= 15 is 0 Å². The highest BCUT2D eigenvalue weighted by Crippen LogP contribution is 2.06. The second kappa shape index (κ2) is 8.22. The van der Waals surface area contributed by atoms with E-state index in [-0.39, 0.29) is 8.41 Å². The number of hydrogen-bond acceptors (Lipinski definition) is 4. The number of rotatable bonds is 6. The highest BCUT2D eigenvalue weighted by atomic mass is 32.1. The molecule has 0 amide bonds. The van der Waals surface area contributed by atoms with E-state index in [4.69, 9.17) is 9.47 Å². The van der Waals surface area contributed by atoms with Gasteiger partial charge in [-0.15, -0.1) is 11.3 Å². The van der Waals surface area contributed by atoms with Crippen molar-refractivity contribution in [2.45, 2.75) is 13.5 Å². The third-order valence-corrected chi connectivity index (χ3v) is 2.06. The average molecular weight is 201 g/mol. The zero-order chi connectivity index (χ0) is 8.65. The molecule has 1 aromatic rings. The van der Waals surface area contributed by atoms with Gasteiger partial charge < -0.3 is 9.47 Å². The smallest absolute Gasteiger partial charge is 0.0826 e. The lowest BCUT2D eigenvalue weighted by atomic mass is 10.6. The van der Waals surface area contributed by atoms with Gasteiger partial charge in [0.05, 0.1) is 38.6 Å². The summed E-state index contributed by atoms with van der Waals surface area (Å²) in [6, 6.07) is 0. The van der Waals surface area contributed by atoms with Gasteiger partial charge in [-0.2, -0.15) is 0 Å². The van der Waals surface area contributed by atoms with Gasteiger partial charge in [0.2, 0.25) is 0 Å². The Morgan fingerprint density at radius 2 is 2.15 bits per heavy atom. The molecule has 0 aromatic carbocycles. The standard InChI is InChI=1S/C8H13NO2S.BH3/c1-2-10-3-4-11-6-8-5-9-7-12-8;/h5,7H,2-4,6H2,1H3;1H3. The van der Waals surface area contributed by atoms with Gasteiger partial charge >= 0.3 is 0 Å². The topological polar surface area (TPSA) is 31.4 Å². The maximum Gasteiger partial charge on any atom is 0.0826 e. The molecule has 0 aliphatic heterocycles. The molecule has 0 saturated carbocycles. The normalized spacial score (nSPS) is 9.62. The van der Waals surface area contributed by atoms with Crippen LogP contribution in [0.5, 0.6) is 0 Å². The Morgan fingerprint density at radius 1 is 1.38 bits per heavy atom. The molecule has 1 aromatic heterocycles. The largest absolute Gasteiger partial charge is 0.379 e. The molecule has 0 bridgehead atoms. The van der Waals surface area contributed by atoms with Gasteiger partial charge in [-0.05, 0) is 6.92 Å². The van der Waals surface area contributed by atoms with Crippen LogP contribution in [-0.2, 0) is 16.1 Å². The molecule has 13 heavy (non-hydrogen) atoms. The quantitative estimate of drug-likeness (QED) is 0.496. The molecule has 0 radical (unpaired) electrons. The molecule has 0 aliphatic rings. The van der Waals surface area contributed by atoms with Crippen LogP contribution in [0, 0.1) is 0 Å². The Morgan fingerprint density at radius 3 is 2.77 bits per heavy atom. The van der Waals surface area contributed by atoms with E-state index in [0.717, 1.165) is 11.5 Å². The lowest BCUT2D eigenvalue weighted by molar-refractivity contribution is 0.0462. The molecule has 1 rings (SSSR count). The predicted molar refractivity (Wildman–Crippen MR) is 58.2 cm³/mol. The summed E-state index contributed by atoms with van der Waals surface area (Å²) in [5.74, 6) is 0. The molecule has 0 spiro atoms. The molecule has 0 saturated heterocycles. The first-order valence-corrected chi connectivity index (χ1v) is 4.84. The first-order valence-electron chi connectivity index (χ1n) is 3.96. The fraction of sp³-hybridized carbons (Fsp3) is 0.625. The molecular formula is C8H16BNO2S. The maximum atomic E-state index is 5.33. The molecule has 0 aliphatic carbocycles. The fourth-order valence-electron chi connectivity index (χ4n) is 0.748. The van der Waals surface area contributed by atoms with Crippen LogP contribution in [0.1, 0.15) is 11.8 Å². The van der Waals surface area contributed by atoms with E-state index in [1.165, 1.54) is 0 Å². The van der Waals surface area contributed by atoms with Gasteiger partial charge in [-0.25, -0.2) is 0 Å². The summed E-state index contributed by atoms with van der Waals surface area (Å²) >= 11 is 1.61. The van der Waals surface area contributed by atoms with Crippen molar-refractivity contribution >= 4 is 19.7 Å². The van der Waals surface area contributed by atoms with Crippen molar-refractivity contribution in [3.63, 3.8) is 0 Å². The summed E-state index contributed by atoms with van der Waals surface area (Å²) in [6.45, 7) is 4.71. The van der Waals surface area contributed by atoms with E-state index in [9.17, 15) is 0 Å². The molecule has 0 N–H and O–H groups in total. The summed E-state index contributed by atoms with van der Waals surface area (Å²) in [4.78, 5) is 5.10. The number of aromatic nitrogens is 1.